The maximum Gasteiger partial charge on any atom is 0.164 e. The molecule has 2 aromatic carbocycles. The van der Waals surface area contributed by atoms with Crippen molar-refractivity contribution in [1.82, 2.24) is 14.8 Å². The molecule has 0 radical (unpaired) electrons. The van der Waals surface area contributed by atoms with Crippen molar-refractivity contribution in [3.05, 3.63) is 54.6 Å². The minimum absolute atomic E-state index is 0.812. The van der Waals surface area contributed by atoms with Crippen molar-refractivity contribution in [3.8, 4) is 28.5 Å². The number of aromatic nitrogens is 3. The van der Waals surface area contributed by atoms with E-state index in [9.17, 15) is 0 Å². The van der Waals surface area contributed by atoms with Crippen molar-refractivity contribution in [2.75, 3.05) is 7.11 Å². The van der Waals surface area contributed by atoms with Crippen LogP contribution in [0.15, 0.2) is 54.6 Å². The third-order valence-corrected chi connectivity index (χ3v) is 3.23. The molecule has 3 aromatic rings. The molecular weight excluding hydrogens is 250 g/mol. The van der Waals surface area contributed by atoms with E-state index in [1.54, 1.807) is 7.11 Å². The molecule has 0 fully saturated rings. The smallest absolute Gasteiger partial charge is 0.164 e. The molecule has 4 nitrogen and oxygen atoms in total. The third kappa shape index (κ3) is 2.16. The SMILES string of the molecule is COc1cccc(-c2nnc(-c3ccccc3)n2C)c1. The number of ether oxygens (including phenoxy) is 1. The van der Waals surface area contributed by atoms with Crippen LogP contribution in [0.1, 0.15) is 0 Å². The van der Waals surface area contributed by atoms with Crippen molar-refractivity contribution in [3.63, 3.8) is 0 Å². The van der Waals surface area contributed by atoms with Crippen LogP contribution >= 0.6 is 0 Å². The number of hydrogen-bond donors (Lipinski definition) is 0. The molecule has 0 aliphatic rings. The van der Waals surface area contributed by atoms with Crippen molar-refractivity contribution in [2.24, 2.45) is 7.05 Å². The van der Waals surface area contributed by atoms with Crippen LogP contribution in [0.2, 0.25) is 0 Å². The van der Waals surface area contributed by atoms with Gasteiger partial charge in [-0.25, -0.2) is 0 Å². The van der Waals surface area contributed by atoms with E-state index in [0.717, 1.165) is 28.5 Å². The van der Waals surface area contributed by atoms with Crippen LogP contribution in [0.25, 0.3) is 22.8 Å². The van der Waals surface area contributed by atoms with E-state index < -0.39 is 0 Å². The average Bonchev–Trinajstić information content (AvgIpc) is 2.90. The fourth-order valence-corrected chi connectivity index (χ4v) is 2.18. The zero-order valence-corrected chi connectivity index (χ0v) is 11.4. The summed E-state index contributed by atoms with van der Waals surface area (Å²) in [5, 5.41) is 8.59. The number of methoxy groups -OCH3 is 1. The van der Waals surface area contributed by atoms with E-state index in [1.165, 1.54) is 0 Å². The average molecular weight is 265 g/mol. The number of rotatable bonds is 3. The molecule has 0 atom stereocenters. The summed E-state index contributed by atoms with van der Waals surface area (Å²) in [5.41, 5.74) is 2.04. The first-order valence-corrected chi connectivity index (χ1v) is 6.39. The van der Waals surface area contributed by atoms with Crippen LogP contribution in [0.4, 0.5) is 0 Å². The normalized spacial score (nSPS) is 10.5. The van der Waals surface area contributed by atoms with Crippen LogP contribution in [0.3, 0.4) is 0 Å². The zero-order chi connectivity index (χ0) is 13.9. The summed E-state index contributed by atoms with van der Waals surface area (Å²) >= 11 is 0. The van der Waals surface area contributed by atoms with Crippen molar-refractivity contribution in [1.29, 1.82) is 0 Å². The Labute approximate surface area is 117 Å². The number of benzene rings is 2. The predicted molar refractivity (Wildman–Crippen MR) is 78.4 cm³/mol. The molecule has 0 unspecified atom stereocenters. The predicted octanol–water partition coefficient (Wildman–Crippen LogP) is 3.16. The molecule has 0 spiro atoms. The van der Waals surface area contributed by atoms with Crippen molar-refractivity contribution >= 4 is 0 Å². The van der Waals surface area contributed by atoms with Gasteiger partial charge in [0.05, 0.1) is 7.11 Å². The second-order valence-corrected chi connectivity index (χ2v) is 4.50. The van der Waals surface area contributed by atoms with E-state index in [4.69, 9.17) is 4.74 Å². The fraction of sp³-hybridized carbons (Fsp3) is 0.125. The first kappa shape index (κ1) is 12.4. The van der Waals surface area contributed by atoms with Gasteiger partial charge in [0.2, 0.25) is 0 Å². The lowest BCUT2D eigenvalue weighted by molar-refractivity contribution is 0.415. The van der Waals surface area contributed by atoms with E-state index in [-0.39, 0.29) is 0 Å². The third-order valence-electron chi connectivity index (χ3n) is 3.23. The Kier molecular flexibility index (Phi) is 3.21. The molecule has 4 heteroatoms. The molecule has 0 saturated carbocycles. The van der Waals surface area contributed by atoms with Gasteiger partial charge in [-0.15, -0.1) is 10.2 Å². The second kappa shape index (κ2) is 5.17. The Morgan fingerprint density at radius 1 is 0.850 bits per heavy atom. The molecule has 0 saturated heterocycles. The summed E-state index contributed by atoms with van der Waals surface area (Å²) in [5.74, 6) is 2.48. The molecule has 1 heterocycles. The molecule has 20 heavy (non-hydrogen) atoms. The lowest BCUT2D eigenvalue weighted by Crippen LogP contribution is -1.96. The standard InChI is InChI=1S/C16H15N3O/c1-19-15(12-7-4-3-5-8-12)17-18-16(19)13-9-6-10-14(11-13)20-2/h3-11H,1-2H3. The molecule has 0 bridgehead atoms. The lowest BCUT2D eigenvalue weighted by Gasteiger charge is -2.05. The van der Waals surface area contributed by atoms with Crippen molar-refractivity contribution < 1.29 is 4.74 Å². The Hall–Kier alpha value is -2.62. The van der Waals surface area contributed by atoms with Crippen molar-refractivity contribution in [2.45, 2.75) is 0 Å². The molecule has 0 aliphatic carbocycles. The van der Waals surface area contributed by atoms with E-state index in [0.29, 0.717) is 0 Å². The lowest BCUT2D eigenvalue weighted by atomic mass is 10.2. The Morgan fingerprint density at radius 3 is 2.20 bits per heavy atom. The highest BCUT2D eigenvalue weighted by Crippen LogP contribution is 2.25. The highest BCUT2D eigenvalue weighted by atomic mass is 16.5. The molecular formula is C16H15N3O. The number of hydrogen-bond acceptors (Lipinski definition) is 3. The molecule has 0 N–H and O–H groups in total. The minimum Gasteiger partial charge on any atom is -0.497 e. The highest BCUT2D eigenvalue weighted by molar-refractivity contribution is 5.63. The van der Waals surface area contributed by atoms with Crippen LogP contribution in [0.5, 0.6) is 5.75 Å². The van der Waals surface area contributed by atoms with Gasteiger partial charge >= 0.3 is 0 Å². The minimum atomic E-state index is 0.812. The fourth-order valence-electron chi connectivity index (χ4n) is 2.18. The van der Waals surface area contributed by atoms with Gasteiger partial charge in [-0.3, -0.25) is 0 Å². The summed E-state index contributed by atoms with van der Waals surface area (Å²) < 4.78 is 7.24. The van der Waals surface area contributed by atoms with Gasteiger partial charge in [-0.1, -0.05) is 42.5 Å². The van der Waals surface area contributed by atoms with Gasteiger partial charge in [0, 0.05) is 18.2 Å². The molecule has 0 amide bonds. The summed E-state index contributed by atoms with van der Waals surface area (Å²) in [7, 11) is 3.63. The van der Waals surface area contributed by atoms with Crippen LogP contribution < -0.4 is 4.74 Å². The van der Waals surface area contributed by atoms with Gasteiger partial charge in [-0.05, 0) is 12.1 Å². The van der Waals surface area contributed by atoms with Crippen LogP contribution in [-0.2, 0) is 7.05 Å². The maximum atomic E-state index is 5.25. The summed E-state index contributed by atoms with van der Waals surface area (Å²) in [6.45, 7) is 0. The molecule has 0 aliphatic heterocycles. The van der Waals surface area contributed by atoms with Gasteiger partial charge in [0.15, 0.2) is 11.6 Å². The molecule has 3 rings (SSSR count). The van der Waals surface area contributed by atoms with Gasteiger partial charge < -0.3 is 9.30 Å². The topological polar surface area (TPSA) is 39.9 Å². The zero-order valence-electron chi connectivity index (χ0n) is 11.4. The Balaban J connectivity index is 2.06. The monoisotopic (exact) mass is 265 g/mol. The first-order chi connectivity index (χ1) is 9.79. The molecule has 100 valence electrons. The van der Waals surface area contributed by atoms with Gasteiger partial charge in [0.25, 0.3) is 0 Å². The van der Waals surface area contributed by atoms with Crippen LogP contribution in [0, 0.1) is 0 Å². The Morgan fingerprint density at radius 2 is 1.50 bits per heavy atom. The van der Waals surface area contributed by atoms with E-state index in [2.05, 4.69) is 10.2 Å². The molecule has 1 aromatic heterocycles. The maximum absolute atomic E-state index is 5.25. The quantitative estimate of drug-likeness (QED) is 0.730. The second-order valence-electron chi connectivity index (χ2n) is 4.50. The van der Waals surface area contributed by atoms with Gasteiger partial charge in [-0.2, -0.15) is 0 Å². The largest absolute Gasteiger partial charge is 0.497 e. The summed E-state index contributed by atoms with van der Waals surface area (Å²) in [6.07, 6.45) is 0. The highest BCUT2D eigenvalue weighted by Gasteiger charge is 2.12. The number of nitrogens with zero attached hydrogens (tertiary/aromatic N) is 3. The van der Waals surface area contributed by atoms with E-state index in [1.807, 2.05) is 66.2 Å². The summed E-state index contributed by atoms with van der Waals surface area (Å²) in [6, 6.07) is 17.9. The van der Waals surface area contributed by atoms with Crippen LogP contribution in [-0.4, -0.2) is 21.9 Å². The first-order valence-electron chi connectivity index (χ1n) is 6.39. The summed E-state index contributed by atoms with van der Waals surface area (Å²) in [4.78, 5) is 0. The van der Waals surface area contributed by atoms with E-state index >= 15 is 0 Å². The van der Waals surface area contributed by atoms with Gasteiger partial charge in [0.1, 0.15) is 5.75 Å². The Bertz CT molecular complexity index is 720.